The van der Waals surface area contributed by atoms with Crippen LogP contribution in [0.1, 0.15) is 44.7 Å². The Balaban J connectivity index is 0.000000186. The Morgan fingerprint density at radius 3 is 2.38 bits per heavy atom. The summed E-state index contributed by atoms with van der Waals surface area (Å²) in [5.74, 6) is 0.516. The van der Waals surface area contributed by atoms with Crippen LogP contribution in [-0.4, -0.2) is 35.0 Å². The molecule has 2 aromatic rings. The van der Waals surface area contributed by atoms with E-state index in [0.717, 1.165) is 42.7 Å². The first kappa shape index (κ1) is 20.8. The highest BCUT2D eigenvalue weighted by atomic mass is 16.6. The van der Waals surface area contributed by atoms with Crippen molar-refractivity contribution in [1.29, 1.82) is 0 Å². The Kier molecular flexibility index (Phi) is 6.20. The minimum atomic E-state index is -0.508. The lowest BCUT2D eigenvalue weighted by Gasteiger charge is -2.31. The molecular formula is C23H30N2O4. The molecule has 2 aromatic carbocycles. The van der Waals surface area contributed by atoms with Gasteiger partial charge in [-0.25, -0.2) is 4.79 Å². The number of hydrogen-bond donors (Lipinski definition) is 3. The van der Waals surface area contributed by atoms with E-state index in [1.165, 1.54) is 12.0 Å². The summed E-state index contributed by atoms with van der Waals surface area (Å²) in [6, 6.07) is 10.6. The number of aryl methyl sites for hydroxylation is 2. The van der Waals surface area contributed by atoms with Crippen molar-refractivity contribution in [3.05, 3.63) is 47.5 Å². The molecule has 0 atom stereocenters. The Bertz CT molecular complexity index is 874. The van der Waals surface area contributed by atoms with E-state index >= 15 is 0 Å². The smallest absolute Gasteiger partial charge is 0.414 e. The van der Waals surface area contributed by atoms with Crippen LogP contribution >= 0.6 is 0 Å². The zero-order chi connectivity index (χ0) is 21.0. The highest BCUT2D eigenvalue weighted by Crippen LogP contribution is 2.31. The first-order chi connectivity index (χ1) is 13.7. The zero-order valence-electron chi connectivity index (χ0n) is 17.4. The van der Waals surface area contributed by atoms with Gasteiger partial charge in [-0.2, -0.15) is 0 Å². The van der Waals surface area contributed by atoms with Crippen molar-refractivity contribution in [3.63, 3.8) is 0 Å². The number of aromatic hydroxyl groups is 2. The van der Waals surface area contributed by atoms with E-state index in [0.29, 0.717) is 12.3 Å². The summed E-state index contributed by atoms with van der Waals surface area (Å²) in [5.41, 5.74) is 3.73. The van der Waals surface area contributed by atoms with Gasteiger partial charge in [0.05, 0.1) is 5.69 Å². The normalized spacial score (nSPS) is 15.2. The third-order valence-corrected chi connectivity index (χ3v) is 4.83. The number of phenols is 2. The van der Waals surface area contributed by atoms with Crippen molar-refractivity contribution < 1.29 is 19.7 Å². The van der Waals surface area contributed by atoms with Gasteiger partial charge >= 0.3 is 6.09 Å². The number of nitrogens with zero attached hydrogens (tertiary/aromatic N) is 1. The fourth-order valence-electron chi connectivity index (χ4n) is 3.52. The summed E-state index contributed by atoms with van der Waals surface area (Å²) in [6.07, 6.45) is 3.81. The summed E-state index contributed by atoms with van der Waals surface area (Å²) in [7, 11) is 0. The van der Waals surface area contributed by atoms with Gasteiger partial charge in [-0.3, -0.25) is 4.90 Å². The van der Waals surface area contributed by atoms with Gasteiger partial charge in [-0.1, -0.05) is 12.1 Å². The molecule has 4 rings (SSSR count). The number of rotatable bonds is 0. The minimum absolute atomic E-state index is 0.171. The molecule has 29 heavy (non-hydrogen) atoms. The van der Waals surface area contributed by atoms with Crippen molar-refractivity contribution in [2.45, 2.75) is 52.1 Å². The van der Waals surface area contributed by atoms with Crippen LogP contribution in [-0.2, 0) is 17.6 Å². The topological polar surface area (TPSA) is 82.0 Å². The molecule has 6 heteroatoms. The molecule has 1 amide bonds. The van der Waals surface area contributed by atoms with Crippen LogP contribution in [0.25, 0.3) is 0 Å². The SMILES string of the molecule is CC(C)(C)OC(=O)N1CCCc2ccc(O)cc21.Oc1ccc2c(c1)NCCC2. The van der Waals surface area contributed by atoms with Crippen molar-refractivity contribution in [3.8, 4) is 11.5 Å². The molecule has 3 N–H and O–H groups in total. The molecule has 0 aliphatic carbocycles. The maximum Gasteiger partial charge on any atom is 0.414 e. The van der Waals surface area contributed by atoms with E-state index in [9.17, 15) is 9.90 Å². The van der Waals surface area contributed by atoms with Crippen molar-refractivity contribution in [2.24, 2.45) is 0 Å². The van der Waals surface area contributed by atoms with E-state index in [2.05, 4.69) is 5.32 Å². The molecule has 2 aliphatic rings. The predicted octanol–water partition coefficient (Wildman–Crippen LogP) is 4.83. The molecule has 0 fully saturated rings. The summed E-state index contributed by atoms with van der Waals surface area (Å²) in [4.78, 5) is 13.7. The van der Waals surface area contributed by atoms with Crippen LogP contribution in [0.4, 0.5) is 16.2 Å². The van der Waals surface area contributed by atoms with Crippen LogP contribution < -0.4 is 10.2 Å². The van der Waals surface area contributed by atoms with Gasteiger partial charge in [-0.05, 0) is 69.7 Å². The Labute approximate surface area is 172 Å². The summed E-state index contributed by atoms with van der Waals surface area (Å²) >= 11 is 0. The maximum absolute atomic E-state index is 12.1. The van der Waals surface area contributed by atoms with Crippen LogP contribution in [0, 0.1) is 0 Å². The average molecular weight is 399 g/mol. The monoisotopic (exact) mass is 398 g/mol. The van der Waals surface area contributed by atoms with Gasteiger partial charge in [0.25, 0.3) is 0 Å². The Morgan fingerprint density at radius 1 is 1.00 bits per heavy atom. The van der Waals surface area contributed by atoms with Crippen LogP contribution in [0.5, 0.6) is 11.5 Å². The largest absolute Gasteiger partial charge is 0.508 e. The number of amides is 1. The standard InChI is InChI=1S/C14H19NO3.C9H11NO/c1-14(2,3)18-13(17)15-8-4-5-10-6-7-11(16)9-12(10)15;11-8-4-3-7-2-1-5-10-9(7)6-8/h6-7,9,16H,4-5,8H2,1-3H3;3-4,6,10-11H,1-2,5H2. The first-order valence-electron chi connectivity index (χ1n) is 10.1. The lowest BCUT2D eigenvalue weighted by atomic mass is 10.0. The van der Waals surface area contributed by atoms with Crippen LogP contribution in [0.2, 0.25) is 0 Å². The number of nitrogens with one attached hydrogen (secondary N) is 1. The van der Waals surface area contributed by atoms with Gasteiger partial charge < -0.3 is 20.3 Å². The van der Waals surface area contributed by atoms with Crippen molar-refractivity contribution in [2.75, 3.05) is 23.3 Å². The number of ether oxygens (including phenoxy) is 1. The minimum Gasteiger partial charge on any atom is -0.508 e. The molecular weight excluding hydrogens is 368 g/mol. The first-order valence-corrected chi connectivity index (χ1v) is 10.1. The second-order valence-corrected chi connectivity index (χ2v) is 8.42. The Hall–Kier alpha value is -2.89. The molecule has 2 heterocycles. The molecule has 0 saturated heterocycles. The molecule has 0 unspecified atom stereocenters. The van der Waals surface area contributed by atoms with E-state index < -0.39 is 5.60 Å². The third-order valence-electron chi connectivity index (χ3n) is 4.83. The van der Waals surface area contributed by atoms with E-state index in [1.807, 2.05) is 32.9 Å². The molecule has 2 aliphatic heterocycles. The summed E-state index contributed by atoms with van der Waals surface area (Å²) in [5, 5.41) is 21.9. The number of hydrogen-bond acceptors (Lipinski definition) is 5. The van der Waals surface area contributed by atoms with Gasteiger partial charge in [0.1, 0.15) is 17.1 Å². The number of anilines is 2. The molecule has 0 radical (unpaired) electrons. The zero-order valence-corrected chi connectivity index (χ0v) is 17.4. The molecule has 0 spiro atoms. The van der Waals surface area contributed by atoms with Crippen LogP contribution in [0.3, 0.4) is 0 Å². The van der Waals surface area contributed by atoms with E-state index in [4.69, 9.17) is 9.84 Å². The predicted molar refractivity (Wildman–Crippen MR) is 115 cm³/mol. The summed E-state index contributed by atoms with van der Waals surface area (Å²) in [6.45, 7) is 7.19. The third kappa shape index (κ3) is 5.56. The molecule has 156 valence electrons. The van der Waals surface area contributed by atoms with Gasteiger partial charge in [-0.15, -0.1) is 0 Å². The second-order valence-electron chi connectivity index (χ2n) is 8.42. The number of fused-ring (bicyclic) bond motifs is 2. The van der Waals surface area contributed by atoms with E-state index in [1.54, 1.807) is 29.2 Å². The molecule has 0 bridgehead atoms. The maximum atomic E-state index is 12.1. The van der Waals surface area contributed by atoms with Gasteiger partial charge in [0.2, 0.25) is 0 Å². The fourth-order valence-corrected chi connectivity index (χ4v) is 3.52. The molecule has 6 nitrogen and oxygen atoms in total. The average Bonchev–Trinajstić information content (AvgIpc) is 2.66. The number of carbonyl (C=O) groups is 1. The van der Waals surface area contributed by atoms with Gasteiger partial charge in [0, 0.05) is 30.9 Å². The van der Waals surface area contributed by atoms with Crippen LogP contribution in [0.15, 0.2) is 36.4 Å². The lowest BCUT2D eigenvalue weighted by molar-refractivity contribution is 0.0578. The highest BCUT2D eigenvalue weighted by Gasteiger charge is 2.27. The Morgan fingerprint density at radius 2 is 1.66 bits per heavy atom. The molecule has 0 aromatic heterocycles. The van der Waals surface area contributed by atoms with Crippen molar-refractivity contribution >= 4 is 17.5 Å². The lowest BCUT2D eigenvalue weighted by Crippen LogP contribution is -2.39. The number of benzene rings is 2. The quantitative estimate of drug-likeness (QED) is 0.592. The highest BCUT2D eigenvalue weighted by molar-refractivity contribution is 5.89. The second kappa shape index (κ2) is 8.64. The fraction of sp³-hybridized carbons (Fsp3) is 0.435. The number of phenolic OH excluding ortho intramolecular Hbond substituents is 2. The van der Waals surface area contributed by atoms with E-state index in [-0.39, 0.29) is 11.8 Å². The summed E-state index contributed by atoms with van der Waals surface area (Å²) < 4.78 is 5.38. The van der Waals surface area contributed by atoms with Crippen molar-refractivity contribution in [1.82, 2.24) is 0 Å². The van der Waals surface area contributed by atoms with Gasteiger partial charge in [0.15, 0.2) is 0 Å². The number of carbonyl (C=O) groups excluding carboxylic acids is 1. The molecule has 0 saturated carbocycles.